The van der Waals surface area contributed by atoms with E-state index in [4.69, 9.17) is 32.7 Å². The van der Waals surface area contributed by atoms with Gasteiger partial charge >= 0.3 is 0 Å². The molecule has 0 saturated heterocycles. The number of ketones is 1. The van der Waals surface area contributed by atoms with E-state index in [0.717, 1.165) is 6.07 Å². The molecule has 1 aliphatic heterocycles. The Labute approximate surface area is 227 Å². The van der Waals surface area contributed by atoms with Gasteiger partial charge in [0.15, 0.2) is 18.5 Å². The van der Waals surface area contributed by atoms with Gasteiger partial charge in [-0.25, -0.2) is 8.78 Å². The van der Waals surface area contributed by atoms with Gasteiger partial charge in [-0.15, -0.1) is 0 Å². The van der Waals surface area contributed by atoms with Crippen molar-refractivity contribution in [3.63, 3.8) is 0 Å². The van der Waals surface area contributed by atoms with Crippen LogP contribution < -0.4 is 19.7 Å². The molecule has 7 nitrogen and oxygen atoms in total. The second kappa shape index (κ2) is 9.09. The third kappa shape index (κ3) is 4.60. The SMILES string of the molecule is O=C(COc1ccc(Cl)c(F)c1)NC12CC(CC(=O)C3CN(C(=O)[C@@H]4C[C@@H]4F)c4cc(Cl)ccc4O3)(C1)C2. The number of carbonyl (C=O) groups excluding carboxylic acids is 3. The number of fused-ring (bicyclic) bond motifs is 1. The number of anilines is 1. The molecule has 1 unspecified atom stereocenters. The number of ether oxygens (including phenoxy) is 2. The molecule has 1 N–H and O–H groups in total. The zero-order valence-electron chi connectivity index (χ0n) is 20.1. The molecule has 4 fully saturated rings. The van der Waals surface area contributed by atoms with Gasteiger partial charge in [-0.05, 0) is 61.4 Å². The third-order valence-corrected chi connectivity index (χ3v) is 8.38. The summed E-state index contributed by atoms with van der Waals surface area (Å²) in [6, 6.07) is 8.78. The van der Waals surface area contributed by atoms with Crippen LogP contribution in [0.1, 0.15) is 32.1 Å². The van der Waals surface area contributed by atoms with Gasteiger partial charge in [0.25, 0.3) is 5.91 Å². The molecule has 3 atom stereocenters. The molecule has 5 aliphatic rings. The molecule has 0 spiro atoms. The molecule has 7 rings (SSSR count). The number of rotatable bonds is 8. The van der Waals surface area contributed by atoms with Gasteiger partial charge in [0.1, 0.15) is 23.5 Å². The molecule has 2 amide bonds. The maximum Gasteiger partial charge on any atom is 0.258 e. The first kappa shape index (κ1) is 25.4. The van der Waals surface area contributed by atoms with E-state index in [1.165, 1.54) is 17.0 Å². The second-order valence-corrected chi connectivity index (χ2v) is 11.7. The highest BCUT2D eigenvalue weighted by Gasteiger charge is 2.69. The van der Waals surface area contributed by atoms with Gasteiger partial charge in [-0.1, -0.05) is 23.2 Å². The van der Waals surface area contributed by atoms with Gasteiger partial charge in [0.2, 0.25) is 5.91 Å². The van der Waals surface area contributed by atoms with Crippen molar-refractivity contribution in [2.45, 2.75) is 49.9 Å². The van der Waals surface area contributed by atoms with Crippen LogP contribution in [0.3, 0.4) is 0 Å². The Balaban J connectivity index is 1.03. The average molecular weight is 565 g/mol. The van der Waals surface area contributed by atoms with Crippen LogP contribution in [0.15, 0.2) is 36.4 Å². The van der Waals surface area contributed by atoms with Crippen LogP contribution in [0, 0.1) is 17.2 Å². The van der Waals surface area contributed by atoms with Crippen molar-refractivity contribution in [3.05, 3.63) is 52.3 Å². The Hall–Kier alpha value is -2.91. The number of carbonyl (C=O) groups is 3. The van der Waals surface area contributed by atoms with Gasteiger partial charge in [0, 0.05) is 23.0 Å². The highest BCUT2D eigenvalue weighted by Crippen LogP contribution is 2.69. The Morgan fingerprint density at radius 2 is 1.87 bits per heavy atom. The standard InChI is InChI=1S/C27H24Cl2F2N2O5/c28-14-1-4-22-20(5-14)33(25(36)16-7-18(16)30)9-23(38-22)21(34)8-26-11-27(12-26,13-26)32-24(35)10-37-15-2-3-17(29)19(31)6-15/h1-6,16,18,23H,7-13H2,(H,32,35)/t16-,18+,23?,26?,27?/m1/s1. The summed E-state index contributed by atoms with van der Waals surface area (Å²) in [5.41, 5.74) is -0.141. The van der Waals surface area contributed by atoms with Gasteiger partial charge in [-0.2, -0.15) is 0 Å². The van der Waals surface area contributed by atoms with Crippen molar-refractivity contribution >= 4 is 46.5 Å². The van der Waals surface area contributed by atoms with Crippen molar-refractivity contribution in [3.8, 4) is 11.5 Å². The minimum atomic E-state index is -1.16. The first-order chi connectivity index (χ1) is 18.1. The van der Waals surface area contributed by atoms with E-state index in [2.05, 4.69) is 5.32 Å². The predicted octanol–water partition coefficient (Wildman–Crippen LogP) is 4.66. The largest absolute Gasteiger partial charge is 0.484 e. The molecule has 2 bridgehead atoms. The summed E-state index contributed by atoms with van der Waals surface area (Å²) in [6.45, 7) is -0.256. The zero-order chi connectivity index (χ0) is 26.8. The molecule has 2 aromatic rings. The van der Waals surface area contributed by atoms with Crippen molar-refractivity contribution < 1.29 is 32.6 Å². The van der Waals surface area contributed by atoms with E-state index >= 15 is 0 Å². The van der Waals surface area contributed by atoms with Crippen LogP contribution in [0.2, 0.25) is 10.0 Å². The molecule has 11 heteroatoms. The lowest BCUT2D eigenvalue weighted by molar-refractivity contribution is -0.175. The molecule has 0 aromatic heterocycles. The number of nitrogens with one attached hydrogen (secondary N) is 1. The van der Waals surface area contributed by atoms with Crippen LogP contribution in [0.25, 0.3) is 0 Å². The Morgan fingerprint density at radius 3 is 2.55 bits per heavy atom. The molecule has 4 aliphatic carbocycles. The fourth-order valence-electron chi connectivity index (χ4n) is 6.10. The van der Waals surface area contributed by atoms with Crippen molar-refractivity contribution in [2.75, 3.05) is 18.1 Å². The summed E-state index contributed by atoms with van der Waals surface area (Å²) in [4.78, 5) is 40.0. The van der Waals surface area contributed by atoms with E-state index in [0.29, 0.717) is 35.7 Å². The number of benzene rings is 2. The van der Waals surface area contributed by atoms with Crippen molar-refractivity contribution in [2.24, 2.45) is 11.3 Å². The monoisotopic (exact) mass is 564 g/mol. The normalized spacial score (nSPS) is 30.2. The molecule has 0 radical (unpaired) electrons. The lowest BCUT2D eigenvalue weighted by atomic mass is 9.38. The molecular formula is C27H24Cl2F2N2O5. The molecule has 2 aromatic carbocycles. The molecule has 1 heterocycles. The summed E-state index contributed by atoms with van der Waals surface area (Å²) in [5, 5.41) is 3.35. The Bertz CT molecular complexity index is 1330. The maximum atomic E-state index is 13.6. The van der Waals surface area contributed by atoms with Crippen LogP contribution >= 0.6 is 23.2 Å². The van der Waals surface area contributed by atoms with Crippen molar-refractivity contribution in [1.29, 1.82) is 0 Å². The highest BCUT2D eigenvalue weighted by atomic mass is 35.5. The van der Waals surface area contributed by atoms with Crippen LogP contribution in [-0.2, 0) is 14.4 Å². The molecule has 38 heavy (non-hydrogen) atoms. The zero-order valence-corrected chi connectivity index (χ0v) is 21.7. The average Bonchev–Trinajstić information content (AvgIpc) is 3.57. The first-order valence-electron chi connectivity index (χ1n) is 12.4. The minimum Gasteiger partial charge on any atom is -0.484 e. The number of hydrogen-bond donors (Lipinski definition) is 1. The van der Waals surface area contributed by atoms with Gasteiger partial charge in [0.05, 0.1) is 23.2 Å². The number of hydrogen-bond acceptors (Lipinski definition) is 5. The third-order valence-electron chi connectivity index (χ3n) is 7.84. The number of alkyl halides is 1. The van der Waals surface area contributed by atoms with Crippen LogP contribution in [0.5, 0.6) is 11.5 Å². The fraction of sp³-hybridized carbons (Fsp3) is 0.444. The lowest BCUT2D eigenvalue weighted by Crippen LogP contribution is -2.75. The van der Waals surface area contributed by atoms with Gasteiger partial charge in [-0.3, -0.25) is 14.4 Å². The smallest absolute Gasteiger partial charge is 0.258 e. The predicted molar refractivity (Wildman–Crippen MR) is 135 cm³/mol. The maximum absolute atomic E-state index is 13.6. The minimum absolute atomic E-state index is 0.00875. The second-order valence-electron chi connectivity index (χ2n) is 10.9. The lowest BCUT2D eigenvalue weighted by Gasteiger charge is -2.70. The van der Waals surface area contributed by atoms with Gasteiger partial charge < -0.3 is 19.7 Å². The number of Topliss-reactive ketones (excluding diaryl/α,β-unsaturated/α-hetero) is 1. The highest BCUT2D eigenvalue weighted by molar-refractivity contribution is 6.31. The summed E-state index contributed by atoms with van der Waals surface area (Å²) in [7, 11) is 0. The van der Waals surface area contributed by atoms with Crippen LogP contribution in [0.4, 0.5) is 14.5 Å². The molecule has 4 saturated carbocycles. The molecular weight excluding hydrogens is 541 g/mol. The summed E-state index contributed by atoms with van der Waals surface area (Å²) in [6.07, 6.45) is 0.379. The number of nitrogens with zero attached hydrogens (tertiary/aromatic N) is 1. The van der Waals surface area contributed by atoms with E-state index in [1.54, 1.807) is 18.2 Å². The first-order valence-corrected chi connectivity index (χ1v) is 13.1. The van der Waals surface area contributed by atoms with Crippen LogP contribution in [-0.4, -0.2) is 48.6 Å². The van der Waals surface area contributed by atoms with Crippen molar-refractivity contribution in [1.82, 2.24) is 5.32 Å². The fourth-order valence-corrected chi connectivity index (χ4v) is 6.38. The Morgan fingerprint density at radius 1 is 1.13 bits per heavy atom. The van der Waals surface area contributed by atoms with E-state index < -0.39 is 24.0 Å². The summed E-state index contributed by atoms with van der Waals surface area (Å²) in [5.74, 6) is -1.58. The Kier molecular flexibility index (Phi) is 6.07. The topological polar surface area (TPSA) is 84.9 Å². The molecule has 200 valence electrons. The number of amides is 2. The summed E-state index contributed by atoms with van der Waals surface area (Å²) >= 11 is 11.8. The van der Waals surface area contributed by atoms with E-state index in [-0.39, 0.29) is 65.3 Å². The number of halogens is 4. The van der Waals surface area contributed by atoms with E-state index in [9.17, 15) is 23.2 Å². The van der Waals surface area contributed by atoms with E-state index in [1.807, 2.05) is 0 Å². The summed E-state index contributed by atoms with van der Waals surface area (Å²) < 4.78 is 38.5. The quantitative estimate of drug-likeness (QED) is 0.504.